The molecule has 1 amide bonds. The van der Waals surface area contributed by atoms with E-state index in [1.54, 1.807) is 6.92 Å². The van der Waals surface area contributed by atoms with Crippen LogP contribution in [0.5, 0.6) is 5.75 Å². The summed E-state index contributed by atoms with van der Waals surface area (Å²) >= 11 is 3.26. The summed E-state index contributed by atoms with van der Waals surface area (Å²) in [6.45, 7) is 1.66. The van der Waals surface area contributed by atoms with Gasteiger partial charge in [-0.2, -0.15) is 0 Å². The number of nitrogens with zero attached hydrogens (tertiary/aromatic N) is 1. The maximum atomic E-state index is 11.6. The Morgan fingerprint density at radius 2 is 2.29 bits per heavy atom. The standard InChI is InChI=1S/C13H16BrN3O4/c1-13(12(15)18,16-8-2-3-8)7-21-11-6-9(17(19)20)4-5-10(11)14/h4-6,8,16H,2-3,7H2,1H3,(H2,15,18). The van der Waals surface area contributed by atoms with E-state index in [0.717, 1.165) is 12.8 Å². The van der Waals surface area contributed by atoms with Crippen molar-refractivity contribution in [3.8, 4) is 5.75 Å². The second-order valence-electron chi connectivity index (χ2n) is 5.28. The molecule has 21 heavy (non-hydrogen) atoms. The van der Waals surface area contributed by atoms with Gasteiger partial charge in [-0.3, -0.25) is 20.2 Å². The summed E-state index contributed by atoms with van der Waals surface area (Å²) in [6.07, 6.45) is 2.01. The van der Waals surface area contributed by atoms with Gasteiger partial charge < -0.3 is 10.5 Å². The van der Waals surface area contributed by atoms with E-state index in [1.807, 2.05) is 0 Å². The second-order valence-corrected chi connectivity index (χ2v) is 6.13. The fourth-order valence-electron chi connectivity index (χ4n) is 1.80. The maximum Gasteiger partial charge on any atom is 0.273 e. The Kier molecular flexibility index (Phi) is 4.48. The first-order valence-corrected chi connectivity index (χ1v) is 7.25. The van der Waals surface area contributed by atoms with Crippen molar-refractivity contribution in [3.63, 3.8) is 0 Å². The number of halogens is 1. The summed E-state index contributed by atoms with van der Waals surface area (Å²) in [7, 11) is 0. The summed E-state index contributed by atoms with van der Waals surface area (Å²) in [5, 5.41) is 13.9. The van der Waals surface area contributed by atoms with E-state index in [0.29, 0.717) is 10.2 Å². The topological polar surface area (TPSA) is 107 Å². The number of nitrogens with two attached hydrogens (primary N) is 1. The highest BCUT2D eigenvalue weighted by Gasteiger charge is 2.38. The van der Waals surface area contributed by atoms with E-state index in [2.05, 4.69) is 21.2 Å². The van der Waals surface area contributed by atoms with Crippen molar-refractivity contribution in [2.75, 3.05) is 6.61 Å². The third-order valence-electron chi connectivity index (χ3n) is 3.29. The molecular weight excluding hydrogens is 342 g/mol. The quantitative estimate of drug-likeness (QED) is 0.570. The van der Waals surface area contributed by atoms with E-state index in [9.17, 15) is 14.9 Å². The van der Waals surface area contributed by atoms with Crippen molar-refractivity contribution in [1.82, 2.24) is 5.32 Å². The monoisotopic (exact) mass is 357 g/mol. The first-order chi connectivity index (χ1) is 9.82. The van der Waals surface area contributed by atoms with Crippen LogP contribution in [0.1, 0.15) is 19.8 Å². The summed E-state index contributed by atoms with van der Waals surface area (Å²) in [5.74, 6) is -0.217. The number of nitro benzene ring substituents is 1. The second kappa shape index (κ2) is 5.98. The molecule has 1 fully saturated rings. The van der Waals surface area contributed by atoms with Crippen LogP contribution in [-0.2, 0) is 4.79 Å². The maximum absolute atomic E-state index is 11.6. The number of amides is 1. The van der Waals surface area contributed by atoms with E-state index in [-0.39, 0.29) is 18.3 Å². The van der Waals surface area contributed by atoms with E-state index in [4.69, 9.17) is 10.5 Å². The van der Waals surface area contributed by atoms with Gasteiger partial charge in [0.2, 0.25) is 5.91 Å². The van der Waals surface area contributed by atoms with Crippen molar-refractivity contribution in [1.29, 1.82) is 0 Å². The van der Waals surface area contributed by atoms with E-state index in [1.165, 1.54) is 18.2 Å². The van der Waals surface area contributed by atoms with E-state index >= 15 is 0 Å². The largest absolute Gasteiger partial charge is 0.490 e. The highest BCUT2D eigenvalue weighted by Crippen LogP contribution is 2.30. The molecule has 0 aromatic heterocycles. The molecule has 1 saturated carbocycles. The minimum Gasteiger partial charge on any atom is -0.490 e. The molecule has 0 radical (unpaired) electrons. The van der Waals surface area contributed by atoms with Gasteiger partial charge in [0.25, 0.3) is 5.69 Å². The minimum atomic E-state index is -1.01. The van der Waals surface area contributed by atoms with Gasteiger partial charge in [-0.1, -0.05) is 0 Å². The van der Waals surface area contributed by atoms with Gasteiger partial charge >= 0.3 is 0 Å². The van der Waals surface area contributed by atoms with Gasteiger partial charge in [0.05, 0.1) is 15.5 Å². The van der Waals surface area contributed by atoms with Gasteiger partial charge in [0.15, 0.2) is 0 Å². The summed E-state index contributed by atoms with van der Waals surface area (Å²) in [5.41, 5.74) is 4.34. The van der Waals surface area contributed by atoms with Crippen LogP contribution in [-0.4, -0.2) is 29.0 Å². The molecule has 0 spiro atoms. The number of nitrogens with one attached hydrogen (secondary N) is 1. The van der Waals surface area contributed by atoms with Crippen molar-refractivity contribution < 1.29 is 14.5 Å². The molecule has 0 saturated heterocycles. The molecule has 2 rings (SSSR count). The summed E-state index contributed by atoms with van der Waals surface area (Å²) in [6, 6.07) is 4.48. The number of primary amides is 1. The number of ether oxygens (including phenoxy) is 1. The molecule has 0 bridgehead atoms. The fraction of sp³-hybridized carbons (Fsp3) is 0.462. The Morgan fingerprint density at radius 1 is 1.62 bits per heavy atom. The van der Waals surface area contributed by atoms with Crippen LogP contribution >= 0.6 is 15.9 Å². The third kappa shape index (κ3) is 3.92. The number of hydrogen-bond acceptors (Lipinski definition) is 5. The predicted octanol–water partition coefficient (Wildman–Crippen LogP) is 1.73. The number of hydrogen-bond donors (Lipinski definition) is 2. The van der Waals surface area contributed by atoms with Crippen LogP contribution < -0.4 is 15.8 Å². The van der Waals surface area contributed by atoms with Gasteiger partial charge in [-0.05, 0) is 41.8 Å². The predicted molar refractivity (Wildman–Crippen MR) is 80.0 cm³/mol. The average Bonchev–Trinajstić information content (AvgIpc) is 3.21. The SMILES string of the molecule is CC(COc1cc([N+](=O)[O-])ccc1Br)(NC1CC1)C(N)=O. The van der Waals surface area contributed by atoms with Crippen LogP contribution in [0.3, 0.4) is 0 Å². The lowest BCUT2D eigenvalue weighted by Crippen LogP contribution is -2.57. The molecule has 7 nitrogen and oxygen atoms in total. The Balaban J connectivity index is 2.11. The summed E-state index contributed by atoms with van der Waals surface area (Å²) in [4.78, 5) is 21.9. The smallest absolute Gasteiger partial charge is 0.273 e. The third-order valence-corrected chi connectivity index (χ3v) is 3.94. The van der Waals surface area contributed by atoms with Crippen LogP contribution in [0.2, 0.25) is 0 Å². The van der Waals surface area contributed by atoms with Crippen molar-refractivity contribution >= 4 is 27.5 Å². The molecule has 1 aromatic carbocycles. The number of non-ortho nitro benzene ring substituents is 1. The lowest BCUT2D eigenvalue weighted by atomic mass is 10.0. The fourth-order valence-corrected chi connectivity index (χ4v) is 2.16. The Hall–Kier alpha value is -1.67. The first-order valence-electron chi connectivity index (χ1n) is 6.46. The lowest BCUT2D eigenvalue weighted by Gasteiger charge is -2.27. The molecule has 114 valence electrons. The van der Waals surface area contributed by atoms with Crippen molar-refractivity contribution in [2.24, 2.45) is 5.73 Å². The zero-order valence-corrected chi connectivity index (χ0v) is 13.1. The molecule has 8 heteroatoms. The molecule has 1 aliphatic rings. The Labute approximate surface area is 130 Å². The molecule has 0 heterocycles. The normalized spacial score (nSPS) is 17.0. The number of nitro groups is 1. The van der Waals surface area contributed by atoms with Crippen LogP contribution in [0.15, 0.2) is 22.7 Å². The minimum absolute atomic E-state index is 0.00139. The van der Waals surface area contributed by atoms with Crippen LogP contribution in [0, 0.1) is 10.1 Å². The number of rotatable bonds is 7. The molecule has 0 aliphatic heterocycles. The summed E-state index contributed by atoms with van der Waals surface area (Å²) < 4.78 is 6.14. The van der Waals surface area contributed by atoms with Gasteiger partial charge in [0, 0.05) is 12.1 Å². The number of benzene rings is 1. The zero-order valence-electron chi connectivity index (χ0n) is 11.5. The number of carbonyl (C=O) groups is 1. The Morgan fingerprint density at radius 3 is 2.81 bits per heavy atom. The van der Waals surface area contributed by atoms with Crippen LogP contribution in [0.25, 0.3) is 0 Å². The molecule has 1 aromatic rings. The van der Waals surface area contributed by atoms with Crippen molar-refractivity contribution in [2.45, 2.75) is 31.3 Å². The number of carbonyl (C=O) groups excluding carboxylic acids is 1. The highest BCUT2D eigenvalue weighted by molar-refractivity contribution is 9.10. The first kappa shape index (κ1) is 15.7. The molecule has 3 N–H and O–H groups in total. The van der Waals surface area contributed by atoms with E-state index < -0.39 is 16.4 Å². The molecular formula is C13H16BrN3O4. The van der Waals surface area contributed by atoms with Gasteiger partial charge in [-0.25, -0.2) is 0 Å². The van der Waals surface area contributed by atoms with Crippen LogP contribution in [0.4, 0.5) is 5.69 Å². The molecule has 1 unspecified atom stereocenters. The average molecular weight is 358 g/mol. The van der Waals surface area contributed by atoms with Gasteiger partial charge in [0.1, 0.15) is 17.9 Å². The zero-order chi connectivity index (χ0) is 15.6. The van der Waals surface area contributed by atoms with Crippen molar-refractivity contribution in [3.05, 3.63) is 32.8 Å². The molecule has 1 aliphatic carbocycles. The van der Waals surface area contributed by atoms with Gasteiger partial charge in [-0.15, -0.1) is 0 Å². The Bertz CT molecular complexity index is 577. The highest BCUT2D eigenvalue weighted by atomic mass is 79.9. The molecule has 1 atom stereocenters. The lowest BCUT2D eigenvalue weighted by molar-refractivity contribution is -0.385.